The Balaban J connectivity index is 1.44. The average molecular weight is 536 g/mol. The van der Waals surface area contributed by atoms with E-state index in [1.54, 1.807) is 6.07 Å². The van der Waals surface area contributed by atoms with Crippen LogP contribution in [0.25, 0.3) is 5.57 Å². The summed E-state index contributed by atoms with van der Waals surface area (Å²) in [5, 5.41) is 9.58. The molecule has 0 radical (unpaired) electrons. The zero-order chi connectivity index (χ0) is 26.7. The summed E-state index contributed by atoms with van der Waals surface area (Å²) in [6, 6.07) is 9.93. The molecule has 0 heterocycles. The summed E-state index contributed by atoms with van der Waals surface area (Å²) in [7, 11) is 2.23. The summed E-state index contributed by atoms with van der Waals surface area (Å²) in [5.74, 6) is -5.78. The third kappa shape index (κ3) is 5.81. The Morgan fingerprint density at radius 1 is 0.919 bits per heavy atom. The highest BCUT2D eigenvalue weighted by atomic mass is 31.0. The fraction of sp³-hybridized carbons (Fsp3) is 0.286. The third-order valence-corrected chi connectivity index (χ3v) is 6.67. The van der Waals surface area contributed by atoms with Crippen LogP contribution in [0.5, 0.6) is 11.5 Å². The minimum absolute atomic E-state index is 0.0811. The fourth-order valence-corrected chi connectivity index (χ4v) is 4.62. The van der Waals surface area contributed by atoms with E-state index < -0.39 is 35.2 Å². The summed E-state index contributed by atoms with van der Waals surface area (Å²) in [6.45, 7) is 1.07. The van der Waals surface area contributed by atoms with E-state index in [9.17, 15) is 27.1 Å². The molecule has 3 unspecified atom stereocenters. The Morgan fingerprint density at radius 3 is 2.22 bits per heavy atom. The molecule has 0 saturated carbocycles. The van der Waals surface area contributed by atoms with Gasteiger partial charge in [0.25, 0.3) is 0 Å². The molecule has 0 saturated heterocycles. The maximum atomic E-state index is 14.8. The molecule has 3 aromatic carbocycles. The van der Waals surface area contributed by atoms with Crippen molar-refractivity contribution in [2.75, 3.05) is 6.35 Å². The quantitative estimate of drug-likeness (QED) is 0.238. The molecule has 3 aromatic rings. The van der Waals surface area contributed by atoms with E-state index in [1.165, 1.54) is 43.3 Å². The van der Waals surface area contributed by atoms with E-state index in [0.717, 1.165) is 5.57 Å². The molecule has 0 fully saturated rings. The van der Waals surface area contributed by atoms with Crippen molar-refractivity contribution in [1.82, 2.24) is 0 Å². The molecule has 4 rings (SSSR count). The van der Waals surface area contributed by atoms with Crippen LogP contribution in [0.1, 0.15) is 60.5 Å². The van der Waals surface area contributed by atoms with E-state index in [-0.39, 0.29) is 47.1 Å². The molecular formula is C28H26F5O3P. The summed E-state index contributed by atoms with van der Waals surface area (Å²) >= 11 is 0. The smallest absolute Gasteiger partial charge is 0.204 e. The Kier molecular flexibility index (Phi) is 8.50. The van der Waals surface area contributed by atoms with E-state index in [4.69, 9.17) is 9.47 Å². The molecule has 1 aliphatic rings. The Bertz CT molecular complexity index is 1330. The summed E-state index contributed by atoms with van der Waals surface area (Å²) in [6.07, 6.45) is 2.41. The molecule has 0 aliphatic heterocycles. The summed E-state index contributed by atoms with van der Waals surface area (Å²) in [4.78, 5) is 0. The number of rotatable bonds is 8. The molecule has 3 atom stereocenters. The van der Waals surface area contributed by atoms with Crippen LogP contribution >= 0.6 is 9.24 Å². The van der Waals surface area contributed by atoms with E-state index in [2.05, 4.69) is 9.24 Å². The van der Waals surface area contributed by atoms with Crippen molar-refractivity contribution in [2.45, 2.75) is 44.8 Å². The van der Waals surface area contributed by atoms with Crippen molar-refractivity contribution in [1.29, 1.82) is 0 Å². The van der Waals surface area contributed by atoms with Crippen LogP contribution in [0.4, 0.5) is 22.0 Å². The first-order valence-corrected chi connectivity index (χ1v) is 12.6. The molecular weight excluding hydrogens is 510 g/mol. The second-order valence-electron chi connectivity index (χ2n) is 8.84. The van der Waals surface area contributed by atoms with Gasteiger partial charge in [-0.2, -0.15) is 8.78 Å². The van der Waals surface area contributed by atoms with Gasteiger partial charge in [-0.15, -0.1) is 0 Å². The Labute approximate surface area is 214 Å². The molecule has 196 valence electrons. The highest BCUT2D eigenvalue weighted by molar-refractivity contribution is 7.16. The highest BCUT2D eigenvalue weighted by Gasteiger charge is 2.24. The Hall–Kier alpha value is -2.96. The van der Waals surface area contributed by atoms with Gasteiger partial charge in [-0.05, 0) is 67.0 Å². The third-order valence-electron chi connectivity index (χ3n) is 6.50. The SMILES string of the molecule is CC(O)c1ccc(C2CC=C(c3ccc(COc4ccc(OCP)c(F)c4F)c(F)c3)CC2)c(F)c1F. The second kappa shape index (κ2) is 11.6. The number of aliphatic hydroxyl groups excluding tert-OH is 1. The van der Waals surface area contributed by atoms with Gasteiger partial charge in [-0.1, -0.05) is 39.6 Å². The van der Waals surface area contributed by atoms with E-state index in [1.807, 2.05) is 6.08 Å². The fourth-order valence-electron chi connectivity index (χ4n) is 4.44. The lowest BCUT2D eigenvalue weighted by Gasteiger charge is -2.24. The van der Waals surface area contributed by atoms with Gasteiger partial charge < -0.3 is 14.6 Å². The maximum Gasteiger partial charge on any atom is 0.204 e. The molecule has 37 heavy (non-hydrogen) atoms. The van der Waals surface area contributed by atoms with Gasteiger partial charge >= 0.3 is 0 Å². The maximum absolute atomic E-state index is 14.8. The van der Waals surface area contributed by atoms with Gasteiger partial charge in [-0.3, -0.25) is 0 Å². The molecule has 0 aromatic heterocycles. The second-order valence-corrected chi connectivity index (χ2v) is 9.18. The zero-order valence-electron chi connectivity index (χ0n) is 20.0. The Morgan fingerprint density at radius 2 is 1.62 bits per heavy atom. The zero-order valence-corrected chi connectivity index (χ0v) is 21.2. The van der Waals surface area contributed by atoms with Crippen molar-refractivity contribution in [3.63, 3.8) is 0 Å². The van der Waals surface area contributed by atoms with Gasteiger partial charge in [-0.25, -0.2) is 13.2 Å². The van der Waals surface area contributed by atoms with E-state index >= 15 is 0 Å². The first kappa shape index (κ1) is 27.1. The van der Waals surface area contributed by atoms with Crippen LogP contribution in [0.3, 0.4) is 0 Å². The average Bonchev–Trinajstić information content (AvgIpc) is 2.88. The minimum atomic E-state index is -1.22. The normalized spacial score (nSPS) is 16.3. The number of benzene rings is 3. The van der Waals surface area contributed by atoms with Gasteiger partial charge in [0.1, 0.15) is 18.8 Å². The number of ether oxygens (including phenoxy) is 2. The molecule has 1 aliphatic carbocycles. The number of allylic oxidation sites excluding steroid dienone is 2. The van der Waals surface area contributed by atoms with Crippen molar-refractivity contribution >= 4 is 14.8 Å². The lowest BCUT2D eigenvalue weighted by Crippen LogP contribution is -2.10. The number of hydrogen-bond donors (Lipinski definition) is 1. The van der Waals surface area contributed by atoms with Crippen LogP contribution < -0.4 is 9.47 Å². The van der Waals surface area contributed by atoms with Crippen LogP contribution in [-0.4, -0.2) is 11.5 Å². The monoisotopic (exact) mass is 536 g/mol. The molecule has 9 heteroatoms. The number of halogens is 5. The summed E-state index contributed by atoms with van der Waals surface area (Å²) in [5.41, 5.74) is 1.86. The number of aliphatic hydroxyl groups is 1. The van der Waals surface area contributed by atoms with Gasteiger partial charge in [0.05, 0.1) is 6.10 Å². The predicted molar refractivity (Wildman–Crippen MR) is 134 cm³/mol. The van der Waals surface area contributed by atoms with Crippen LogP contribution in [0.15, 0.2) is 48.5 Å². The number of hydrogen-bond acceptors (Lipinski definition) is 3. The first-order chi connectivity index (χ1) is 17.7. The molecule has 0 spiro atoms. The van der Waals surface area contributed by atoms with Gasteiger partial charge in [0.2, 0.25) is 11.6 Å². The van der Waals surface area contributed by atoms with E-state index in [0.29, 0.717) is 24.8 Å². The van der Waals surface area contributed by atoms with Crippen molar-refractivity contribution < 1.29 is 36.5 Å². The van der Waals surface area contributed by atoms with Crippen molar-refractivity contribution in [3.05, 3.63) is 99.9 Å². The molecule has 0 bridgehead atoms. The lowest BCUT2D eigenvalue weighted by atomic mass is 9.82. The molecule has 0 amide bonds. The predicted octanol–water partition coefficient (Wildman–Crippen LogP) is 7.58. The standard InChI is InChI=1S/C28H26F5O3P/c1-15(34)20-8-9-21(26(31)25(20)30)17-4-2-16(3-5-17)18-6-7-19(22(29)12-18)13-35-23-10-11-24(36-14-37)28(33)27(23)32/h2,6-12,15,17,34H,3-5,13-14,37H2,1H3. The van der Waals surface area contributed by atoms with Gasteiger partial charge in [0.15, 0.2) is 23.1 Å². The minimum Gasteiger partial charge on any atom is -0.487 e. The van der Waals surface area contributed by atoms with Crippen LogP contribution in [0.2, 0.25) is 0 Å². The molecule has 3 nitrogen and oxygen atoms in total. The van der Waals surface area contributed by atoms with Gasteiger partial charge in [0, 0.05) is 11.1 Å². The highest BCUT2D eigenvalue weighted by Crippen LogP contribution is 2.38. The van der Waals surface area contributed by atoms with Crippen molar-refractivity contribution in [3.8, 4) is 11.5 Å². The summed E-state index contributed by atoms with van der Waals surface area (Å²) < 4.78 is 82.2. The first-order valence-electron chi connectivity index (χ1n) is 11.8. The molecule has 1 N–H and O–H groups in total. The van der Waals surface area contributed by atoms with Crippen LogP contribution in [-0.2, 0) is 6.61 Å². The topological polar surface area (TPSA) is 38.7 Å². The van der Waals surface area contributed by atoms with Crippen LogP contribution in [0, 0.1) is 29.1 Å². The van der Waals surface area contributed by atoms with Crippen molar-refractivity contribution in [2.24, 2.45) is 0 Å². The largest absolute Gasteiger partial charge is 0.487 e. The lowest BCUT2D eigenvalue weighted by molar-refractivity contribution is 0.192.